The largest absolute Gasteiger partial charge is 0.389 e. The lowest BCUT2D eigenvalue weighted by atomic mass is 9.79. The lowest BCUT2D eigenvalue weighted by molar-refractivity contribution is -0.0470. The van der Waals surface area contributed by atoms with Crippen LogP contribution < -0.4 is 0 Å². The Morgan fingerprint density at radius 3 is 2.29 bits per heavy atom. The Bertz CT molecular complexity index is 248. The van der Waals surface area contributed by atoms with Gasteiger partial charge in [-0.1, -0.05) is 6.92 Å². The molecule has 2 nitrogen and oxygen atoms in total. The van der Waals surface area contributed by atoms with Gasteiger partial charge in [-0.2, -0.15) is 0 Å². The van der Waals surface area contributed by atoms with Crippen molar-refractivity contribution >= 4 is 0 Å². The molecule has 0 amide bonds. The molecule has 2 rings (SSSR count). The van der Waals surface area contributed by atoms with Crippen molar-refractivity contribution in [1.82, 2.24) is 4.90 Å². The summed E-state index contributed by atoms with van der Waals surface area (Å²) in [5.74, 6) is 0.666. The Balaban J connectivity index is 1.87. The van der Waals surface area contributed by atoms with Crippen molar-refractivity contribution in [2.24, 2.45) is 5.92 Å². The third-order valence-electron chi connectivity index (χ3n) is 4.14. The summed E-state index contributed by atoms with van der Waals surface area (Å²) in [6.07, 6.45) is 3.30. The van der Waals surface area contributed by atoms with Gasteiger partial charge in [0.25, 0.3) is 6.43 Å². The summed E-state index contributed by atoms with van der Waals surface area (Å²) in [5.41, 5.74) is -0.718. The number of hydrogen-bond donors (Lipinski definition) is 1. The highest BCUT2D eigenvalue weighted by Crippen LogP contribution is 2.35. The van der Waals surface area contributed by atoms with Gasteiger partial charge in [-0.15, -0.1) is 0 Å². The van der Waals surface area contributed by atoms with Gasteiger partial charge in [0.1, 0.15) is 0 Å². The van der Waals surface area contributed by atoms with E-state index in [-0.39, 0.29) is 6.54 Å². The molecule has 17 heavy (non-hydrogen) atoms. The van der Waals surface area contributed by atoms with Gasteiger partial charge < -0.3 is 5.11 Å². The zero-order chi connectivity index (χ0) is 12.5. The van der Waals surface area contributed by atoms with Gasteiger partial charge in [0.2, 0.25) is 0 Å². The molecule has 0 saturated heterocycles. The molecule has 0 aromatic rings. The van der Waals surface area contributed by atoms with Crippen LogP contribution >= 0.6 is 0 Å². The fraction of sp³-hybridized carbons (Fsp3) is 1.00. The van der Waals surface area contributed by atoms with Gasteiger partial charge >= 0.3 is 0 Å². The summed E-state index contributed by atoms with van der Waals surface area (Å²) < 4.78 is 25.0. The molecule has 0 aliphatic heterocycles. The molecule has 1 N–H and O–H groups in total. The number of alkyl halides is 2. The number of halogens is 2. The lowest BCUT2D eigenvalue weighted by Gasteiger charge is -2.39. The van der Waals surface area contributed by atoms with E-state index in [0.29, 0.717) is 18.5 Å². The summed E-state index contributed by atoms with van der Waals surface area (Å²) in [5, 5.41) is 10.5. The Labute approximate surface area is 102 Å². The lowest BCUT2D eigenvalue weighted by Crippen LogP contribution is -2.47. The molecule has 0 bridgehead atoms. The van der Waals surface area contributed by atoms with Crippen LogP contribution in [0.5, 0.6) is 0 Å². The van der Waals surface area contributed by atoms with Crippen molar-refractivity contribution in [2.75, 3.05) is 13.1 Å². The van der Waals surface area contributed by atoms with E-state index >= 15 is 0 Å². The average Bonchev–Trinajstić information content (AvgIpc) is 3.05. The molecule has 0 unspecified atom stereocenters. The van der Waals surface area contributed by atoms with Gasteiger partial charge in [-0.05, 0) is 44.4 Å². The highest BCUT2D eigenvalue weighted by molar-refractivity contribution is 4.93. The number of nitrogens with zero attached hydrogens (tertiary/aromatic N) is 1. The van der Waals surface area contributed by atoms with Crippen LogP contribution in [0.15, 0.2) is 0 Å². The Kier molecular flexibility index (Phi) is 4.03. The van der Waals surface area contributed by atoms with Crippen molar-refractivity contribution in [3.8, 4) is 0 Å². The van der Waals surface area contributed by atoms with Crippen LogP contribution in [0, 0.1) is 5.92 Å². The SMILES string of the molecule is CC1CCC(O)(CN(CC(F)F)C2CC2)CC1. The molecule has 0 aromatic heterocycles. The van der Waals surface area contributed by atoms with Gasteiger partial charge in [-0.25, -0.2) is 8.78 Å². The zero-order valence-corrected chi connectivity index (χ0v) is 10.5. The molecule has 0 spiro atoms. The van der Waals surface area contributed by atoms with Crippen LogP contribution in [0.4, 0.5) is 8.78 Å². The molecule has 2 aliphatic carbocycles. The molecule has 2 saturated carbocycles. The zero-order valence-electron chi connectivity index (χ0n) is 10.5. The first-order valence-electron chi connectivity index (χ1n) is 6.73. The molecule has 4 heteroatoms. The molecule has 0 heterocycles. The van der Waals surface area contributed by atoms with E-state index in [0.717, 1.165) is 38.5 Å². The van der Waals surface area contributed by atoms with E-state index in [4.69, 9.17) is 0 Å². The summed E-state index contributed by atoms with van der Waals surface area (Å²) in [7, 11) is 0. The fourth-order valence-corrected chi connectivity index (χ4v) is 2.80. The number of aliphatic hydroxyl groups is 1. The van der Waals surface area contributed by atoms with Crippen LogP contribution in [0.3, 0.4) is 0 Å². The number of rotatable bonds is 5. The molecule has 2 fully saturated rings. The standard InChI is InChI=1S/C13H23F2NO/c1-10-4-6-13(17,7-5-10)9-16(8-12(14)15)11-2-3-11/h10-12,17H,2-9H2,1H3. The van der Waals surface area contributed by atoms with Gasteiger partial charge in [0.05, 0.1) is 12.1 Å². The maximum atomic E-state index is 12.5. The minimum absolute atomic E-state index is 0.178. The van der Waals surface area contributed by atoms with Gasteiger partial charge in [-0.3, -0.25) is 4.90 Å². The maximum Gasteiger partial charge on any atom is 0.251 e. The second kappa shape index (κ2) is 5.19. The Morgan fingerprint density at radius 2 is 1.82 bits per heavy atom. The van der Waals surface area contributed by atoms with E-state index in [1.54, 1.807) is 4.90 Å². The van der Waals surface area contributed by atoms with E-state index in [2.05, 4.69) is 6.92 Å². The third kappa shape index (κ3) is 3.88. The molecular formula is C13H23F2NO. The summed E-state index contributed by atoms with van der Waals surface area (Å²) >= 11 is 0. The van der Waals surface area contributed by atoms with Crippen molar-refractivity contribution in [1.29, 1.82) is 0 Å². The topological polar surface area (TPSA) is 23.5 Å². The van der Waals surface area contributed by atoms with Crippen LogP contribution in [-0.2, 0) is 0 Å². The normalized spacial score (nSPS) is 34.6. The molecular weight excluding hydrogens is 224 g/mol. The summed E-state index contributed by atoms with van der Waals surface area (Å²) in [6.45, 7) is 2.45. The van der Waals surface area contributed by atoms with E-state index < -0.39 is 12.0 Å². The maximum absolute atomic E-state index is 12.5. The second-order valence-corrected chi connectivity index (χ2v) is 5.96. The van der Waals surface area contributed by atoms with Gasteiger partial charge in [0.15, 0.2) is 0 Å². The smallest absolute Gasteiger partial charge is 0.251 e. The quantitative estimate of drug-likeness (QED) is 0.807. The van der Waals surface area contributed by atoms with Crippen LogP contribution in [0.25, 0.3) is 0 Å². The minimum atomic E-state index is -2.29. The summed E-state index contributed by atoms with van der Waals surface area (Å²) in [4.78, 5) is 1.81. The molecule has 2 aliphatic rings. The van der Waals surface area contributed by atoms with Crippen molar-refractivity contribution in [2.45, 2.75) is 63.5 Å². The van der Waals surface area contributed by atoms with E-state index in [9.17, 15) is 13.9 Å². The molecule has 100 valence electrons. The minimum Gasteiger partial charge on any atom is -0.389 e. The second-order valence-electron chi connectivity index (χ2n) is 5.96. The first-order chi connectivity index (χ1) is 7.98. The van der Waals surface area contributed by atoms with E-state index in [1.165, 1.54) is 0 Å². The predicted octanol–water partition coefficient (Wildman–Crippen LogP) is 2.66. The molecule has 0 aromatic carbocycles. The molecule has 0 radical (unpaired) electrons. The highest BCUT2D eigenvalue weighted by Gasteiger charge is 2.39. The summed E-state index contributed by atoms with van der Waals surface area (Å²) in [6, 6.07) is 0.298. The van der Waals surface area contributed by atoms with Crippen molar-refractivity contribution < 1.29 is 13.9 Å². The third-order valence-corrected chi connectivity index (χ3v) is 4.14. The number of hydrogen-bond acceptors (Lipinski definition) is 2. The average molecular weight is 247 g/mol. The van der Waals surface area contributed by atoms with Crippen molar-refractivity contribution in [3.63, 3.8) is 0 Å². The van der Waals surface area contributed by atoms with Gasteiger partial charge in [0, 0.05) is 12.6 Å². The first kappa shape index (κ1) is 13.2. The Hall–Kier alpha value is -0.220. The monoisotopic (exact) mass is 247 g/mol. The van der Waals surface area contributed by atoms with Crippen molar-refractivity contribution in [3.05, 3.63) is 0 Å². The van der Waals surface area contributed by atoms with Crippen LogP contribution in [-0.4, -0.2) is 41.2 Å². The fourth-order valence-electron chi connectivity index (χ4n) is 2.80. The first-order valence-corrected chi connectivity index (χ1v) is 6.73. The predicted molar refractivity (Wildman–Crippen MR) is 63.2 cm³/mol. The Morgan fingerprint density at radius 1 is 1.24 bits per heavy atom. The highest BCUT2D eigenvalue weighted by atomic mass is 19.3. The molecule has 0 atom stereocenters. The van der Waals surface area contributed by atoms with Crippen LogP contribution in [0.2, 0.25) is 0 Å². The van der Waals surface area contributed by atoms with E-state index in [1.807, 2.05) is 0 Å². The van der Waals surface area contributed by atoms with Crippen LogP contribution in [0.1, 0.15) is 45.4 Å².